The number of rotatable bonds is 5. The highest BCUT2D eigenvalue weighted by Gasteiger charge is 2.41. The highest BCUT2D eigenvalue weighted by Crippen LogP contribution is 2.39. The summed E-state index contributed by atoms with van der Waals surface area (Å²) in [4.78, 5) is 18.5. The lowest BCUT2D eigenvalue weighted by Gasteiger charge is -2.31. The van der Waals surface area contributed by atoms with E-state index in [9.17, 15) is 9.90 Å². The molecule has 1 amide bonds. The van der Waals surface area contributed by atoms with Crippen molar-refractivity contribution in [3.63, 3.8) is 0 Å². The number of carbonyl (C=O) groups is 1. The Morgan fingerprint density at radius 3 is 2.70 bits per heavy atom. The molecule has 0 spiro atoms. The molecule has 150 valence electrons. The summed E-state index contributed by atoms with van der Waals surface area (Å²) in [7, 11) is 0. The molecule has 0 aliphatic carbocycles. The van der Waals surface area contributed by atoms with Crippen LogP contribution in [0.5, 0.6) is 5.88 Å². The van der Waals surface area contributed by atoms with Gasteiger partial charge in [-0.15, -0.1) is 6.58 Å². The third-order valence-electron chi connectivity index (χ3n) is 4.69. The summed E-state index contributed by atoms with van der Waals surface area (Å²) < 4.78 is 1.60. The SMILES string of the molecule is C=CCSc1nc([O-])c2[n+](n1)C(/C=C/c1ccccc1)N(C(C)=O)c1ccccc1-2. The van der Waals surface area contributed by atoms with Crippen molar-refractivity contribution in [1.29, 1.82) is 0 Å². The number of thioether (sulfide) groups is 1. The second-order valence-corrected chi connectivity index (χ2v) is 7.67. The van der Waals surface area contributed by atoms with E-state index in [2.05, 4.69) is 16.7 Å². The maximum Gasteiger partial charge on any atom is 0.286 e. The lowest BCUT2D eigenvalue weighted by Crippen LogP contribution is -2.57. The number of amides is 1. The van der Waals surface area contributed by atoms with Crippen LogP contribution in [-0.4, -0.2) is 21.7 Å². The summed E-state index contributed by atoms with van der Waals surface area (Å²) >= 11 is 1.33. The molecule has 1 unspecified atom stereocenters. The van der Waals surface area contributed by atoms with Gasteiger partial charge >= 0.3 is 0 Å². The molecular formula is C23H20N4O2S. The summed E-state index contributed by atoms with van der Waals surface area (Å²) in [6.07, 6.45) is 4.94. The molecule has 0 saturated carbocycles. The van der Waals surface area contributed by atoms with Crippen molar-refractivity contribution in [3.8, 4) is 17.1 Å². The molecule has 30 heavy (non-hydrogen) atoms. The Labute approximate surface area is 179 Å². The topological polar surface area (TPSA) is 73.0 Å². The van der Waals surface area contributed by atoms with Crippen LogP contribution >= 0.6 is 11.8 Å². The molecule has 1 aliphatic heterocycles. The fourth-order valence-corrected chi connectivity index (χ4v) is 4.01. The lowest BCUT2D eigenvalue weighted by molar-refractivity contribution is -0.762. The van der Waals surface area contributed by atoms with Gasteiger partial charge in [0, 0.05) is 23.9 Å². The number of hydrogen-bond donors (Lipinski definition) is 0. The van der Waals surface area contributed by atoms with E-state index >= 15 is 0 Å². The van der Waals surface area contributed by atoms with Gasteiger partial charge in [0.25, 0.3) is 17.0 Å². The fraction of sp³-hybridized carbons (Fsp3) is 0.130. The lowest BCUT2D eigenvalue weighted by atomic mass is 10.0. The average Bonchev–Trinajstić information content (AvgIpc) is 2.76. The fourth-order valence-electron chi connectivity index (χ4n) is 3.45. The third-order valence-corrected chi connectivity index (χ3v) is 5.52. The van der Waals surface area contributed by atoms with Crippen LogP contribution in [0.1, 0.15) is 18.7 Å². The van der Waals surface area contributed by atoms with Gasteiger partial charge in [-0.3, -0.25) is 4.79 Å². The van der Waals surface area contributed by atoms with Gasteiger partial charge in [0.15, 0.2) is 0 Å². The predicted octanol–water partition coefficient (Wildman–Crippen LogP) is 3.36. The Kier molecular flexibility index (Phi) is 5.63. The predicted molar refractivity (Wildman–Crippen MR) is 116 cm³/mol. The van der Waals surface area contributed by atoms with E-state index in [-0.39, 0.29) is 11.8 Å². The largest absolute Gasteiger partial charge is 0.854 e. The molecule has 1 aromatic heterocycles. The second kappa shape index (κ2) is 8.51. The maximum absolute atomic E-state index is 13.0. The molecule has 0 fully saturated rings. The standard InChI is InChI=1S/C23H20N4O2S/c1-3-15-30-23-24-22(29)21-18-11-7-8-12-19(18)26(16(2)28)20(27(21)25-23)14-13-17-9-5-4-6-10-17/h3-14,20H,1,15H2,2H3/b14-13+. The van der Waals surface area contributed by atoms with Crippen LogP contribution in [0.15, 0.2) is 78.5 Å². The number of anilines is 1. The Balaban J connectivity index is 1.91. The maximum atomic E-state index is 13.0. The number of fused-ring (bicyclic) bond motifs is 3. The van der Waals surface area contributed by atoms with Gasteiger partial charge in [-0.25, -0.2) is 9.88 Å². The molecule has 0 N–H and O–H groups in total. The van der Waals surface area contributed by atoms with Crippen LogP contribution in [0.2, 0.25) is 0 Å². The smallest absolute Gasteiger partial charge is 0.286 e. The van der Waals surface area contributed by atoms with Gasteiger partial charge < -0.3 is 5.11 Å². The molecule has 2 heterocycles. The van der Waals surface area contributed by atoms with Crippen LogP contribution in [0.3, 0.4) is 0 Å². The van der Waals surface area contributed by atoms with Crippen molar-refractivity contribution in [2.45, 2.75) is 18.2 Å². The normalized spacial score (nSPS) is 15.0. The van der Waals surface area contributed by atoms with Crippen molar-refractivity contribution in [3.05, 3.63) is 78.9 Å². The minimum absolute atomic E-state index is 0.144. The quantitative estimate of drug-likeness (QED) is 0.362. The van der Waals surface area contributed by atoms with Gasteiger partial charge in [0.1, 0.15) is 0 Å². The molecule has 0 saturated heterocycles. The number of benzene rings is 2. The summed E-state index contributed by atoms with van der Waals surface area (Å²) in [5.74, 6) is 0.0658. The third kappa shape index (κ3) is 3.71. The van der Waals surface area contributed by atoms with E-state index in [0.29, 0.717) is 27.9 Å². The first kappa shape index (κ1) is 19.8. The van der Waals surface area contributed by atoms with E-state index in [1.54, 1.807) is 15.7 Å². The van der Waals surface area contributed by atoms with Crippen LogP contribution < -0.4 is 14.7 Å². The molecule has 0 radical (unpaired) electrons. The van der Waals surface area contributed by atoms with E-state index < -0.39 is 6.17 Å². The number of aromatic nitrogens is 3. The Morgan fingerprint density at radius 1 is 1.23 bits per heavy atom. The molecule has 0 bridgehead atoms. The summed E-state index contributed by atoms with van der Waals surface area (Å²) in [5, 5.41) is 17.9. The first-order chi connectivity index (χ1) is 14.6. The van der Waals surface area contributed by atoms with Crippen molar-refractivity contribution in [2.75, 3.05) is 10.7 Å². The Bertz CT molecular complexity index is 1130. The minimum Gasteiger partial charge on any atom is -0.854 e. The molecule has 1 aliphatic rings. The zero-order chi connectivity index (χ0) is 21.1. The zero-order valence-electron chi connectivity index (χ0n) is 16.4. The Hall–Kier alpha value is -3.45. The molecule has 4 rings (SSSR count). The van der Waals surface area contributed by atoms with Gasteiger partial charge in [-0.1, -0.05) is 71.1 Å². The summed E-state index contributed by atoms with van der Waals surface area (Å²) in [6.45, 7) is 5.22. The average molecular weight is 417 g/mol. The van der Waals surface area contributed by atoms with E-state index in [0.717, 1.165) is 5.56 Å². The zero-order valence-corrected chi connectivity index (χ0v) is 17.2. The number of hydrogen-bond acceptors (Lipinski definition) is 5. The number of carbonyl (C=O) groups excluding carboxylic acids is 1. The van der Waals surface area contributed by atoms with Gasteiger partial charge in [0.05, 0.1) is 17.1 Å². The van der Waals surface area contributed by atoms with E-state index in [1.165, 1.54) is 18.7 Å². The van der Waals surface area contributed by atoms with Crippen molar-refractivity contribution in [2.24, 2.45) is 0 Å². The monoisotopic (exact) mass is 416 g/mol. The molecular weight excluding hydrogens is 396 g/mol. The number of para-hydroxylation sites is 1. The van der Waals surface area contributed by atoms with Crippen LogP contribution in [0, 0.1) is 0 Å². The molecule has 1 atom stereocenters. The molecule has 2 aromatic carbocycles. The summed E-state index contributed by atoms with van der Waals surface area (Å²) in [6, 6.07) is 17.1. The van der Waals surface area contributed by atoms with Crippen LogP contribution in [0.4, 0.5) is 5.69 Å². The summed E-state index contributed by atoms with van der Waals surface area (Å²) in [5.41, 5.74) is 2.66. The van der Waals surface area contributed by atoms with Crippen LogP contribution in [0.25, 0.3) is 17.3 Å². The molecule has 3 aromatic rings. The van der Waals surface area contributed by atoms with E-state index in [4.69, 9.17) is 0 Å². The minimum atomic E-state index is -0.591. The number of nitrogens with zero attached hydrogens (tertiary/aromatic N) is 4. The first-order valence-corrected chi connectivity index (χ1v) is 10.5. The highest BCUT2D eigenvalue weighted by atomic mass is 32.2. The first-order valence-electron chi connectivity index (χ1n) is 9.47. The highest BCUT2D eigenvalue weighted by molar-refractivity contribution is 7.99. The van der Waals surface area contributed by atoms with Crippen molar-refractivity contribution < 1.29 is 14.6 Å². The second-order valence-electron chi connectivity index (χ2n) is 6.68. The van der Waals surface area contributed by atoms with Crippen molar-refractivity contribution >= 4 is 29.4 Å². The Morgan fingerprint density at radius 2 is 1.97 bits per heavy atom. The van der Waals surface area contributed by atoms with Crippen LogP contribution in [-0.2, 0) is 4.79 Å². The molecule has 7 heteroatoms. The van der Waals surface area contributed by atoms with Crippen molar-refractivity contribution in [1.82, 2.24) is 10.1 Å². The van der Waals surface area contributed by atoms with Gasteiger partial charge in [-0.2, -0.15) is 0 Å². The van der Waals surface area contributed by atoms with Gasteiger partial charge in [0.2, 0.25) is 5.91 Å². The molecule has 6 nitrogen and oxygen atoms in total. The van der Waals surface area contributed by atoms with E-state index in [1.807, 2.05) is 66.7 Å². The van der Waals surface area contributed by atoms with Gasteiger partial charge in [-0.05, 0) is 17.7 Å².